The van der Waals surface area contributed by atoms with Gasteiger partial charge in [0.25, 0.3) is 0 Å². The molecule has 0 aliphatic heterocycles. The summed E-state index contributed by atoms with van der Waals surface area (Å²) in [5.74, 6) is 1.67. The van der Waals surface area contributed by atoms with Crippen molar-refractivity contribution in [1.82, 2.24) is 0 Å². The van der Waals surface area contributed by atoms with E-state index in [0.717, 1.165) is 23.5 Å². The Bertz CT molecular complexity index is 488. The molecule has 2 aromatic rings. The Labute approximate surface area is 114 Å². The van der Waals surface area contributed by atoms with Gasteiger partial charge in [-0.2, -0.15) is 0 Å². The second kappa shape index (κ2) is 7.00. The lowest BCUT2D eigenvalue weighted by Gasteiger charge is -2.05. The van der Waals surface area contributed by atoms with E-state index in [9.17, 15) is 0 Å². The Hall–Kier alpha value is -1.74. The van der Waals surface area contributed by atoms with Crippen molar-refractivity contribution in [1.29, 1.82) is 0 Å². The van der Waals surface area contributed by atoms with E-state index in [0.29, 0.717) is 13.2 Å². The lowest BCUT2D eigenvalue weighted by Crippen LogP contribution is -1.95. The molecular weight excluding hydrogens is 238 g/mol. The van der Waals surface area contributed by atoms with E-state index in [1.165, 1.54) is 18.4 Å². The largest absolute Gasteiger partial charge is 0.486 e. The molecule has 2 rings (SSSR count). The van der Waals surface area contributed by atoms with Crippen LogP contribution in [0.4, 0.5) is 0 Å². The first-order valence-electron chi connectivity index (χ1n) is 6.80. The lowest BCUT2D eigenvalue weighted by atomic mass is 10.1. The summed E-state index contributed by atoms with van der Waals surface area (Å²) in [5, 5.41) is 0. The average molecular weight is 259 g/mol. The molecule has 0 amide bonds. The van der Waals surface area contributed by atoms with E-state index < -0.39 is 0 Å². The molecule has 0 aliphatic carbocycles. The maximum Gasteiger partial charge on any atom is 0.146 e. The van der Waals surface area contributed by atoms with Crippen molar-refractivity contribution < 1.29 is 9.15 Å². The molecule has 0 radical (unpaired) electrons. The number of unbranched alkanes of at least 4 members (excludes halogenated alkanes) is 1. The van der Waals surface area contributed by atoms with E-state index in [4.69, 9.17) is 14.9 Å². The standard InChI is InChI=1S/C16H21NO2/c1-2-3-4-13-5-7-15(8-6-13)19-12-16-9-14(10-17)11-18-16/h5-9,11H,2-4,10,12,17H2,1H3. The van der Waals surface area contributed by atoms with Crippen LogP contribution in [0.25, 0.3) is 0 Å². The van der Waals surface area contributed by atoms with Gasteiger partial charge in [-0.25, -0.2) is 0 Å². The highest BCUT2D eigenvalue weighted by molar-refractivity contribution is 5.27. The van der Waals surface area contributed by atoms with Gasteiger partial charge in [0.1, 0.15) is 18.1 Å². The fourth-order valence-electron chi connectivity index (χ4n) is 1.90. The number of hydrogen-bond acceptors (Lipinski definition) is 3. The Kier molecular flexibility index (Phi) is 5.04. The van der Waals surface area contributed by atoms with Crippen LogP contribution < -0.4 is 10.5 Å². The molecule has 0 unspecified atom stereocenters. The summed E-state index contributed by atoms with van der Waals surface area (Å²) in [6.45, 7) is 3.14. The van der Waals surface area contributed by atoms with Crippen molar-refractivity contribution in [2.45, 2.75) is 39.3 Å². The van der Waals surface area contributed by atoms with Crippen LogP contribution in [0.3, 0.4) is 0 Å². The predicted molar refractivity (Wildman–Crippen MR) is 76.0 cm³/mol. The number of benzene rings is 1. The fourth-order valence-corrected chi connectivity index (χ4v) is 1.90. The number of nitrogens with two attached hydrogens (primary N) is 1. The first-order valence-corrected chi connectivity index (χ1v) is 6.80. The molecule has 2 N–H and O–H groups in total. The van der Waals surface area contributed by atoms with Crippen LogP contribution in [-0.4, -0.2) is 0 Å². The highest BCUT2D eigenvalue weighted by Gasteiger charge is 2.02. The topological polar surface area (TPSA) is 48.4 Å². The summed E-state index contributed by atoms with van der Waals surface area (Å²) in [4.78, 5) is 0. The summed E-state index contributed by atoms with van der Waals surface area (Å²) in [6, 6.07) is 10.2. The molecule has 0 saturated carbocycles. The zero-order valence-electron chi connectivity index (χ0n) is 11.4. The van der Waals surface area contributed by atoms with E-state index in [1.54, 1.807) is 6.26 Å². The molecule has 0 bridgehead atoms. The third kappa shape index (κ3) is 4.14. The summed E-state index contributed by atoms with van der Waals surface area (Å²) in [7, 11) is 0. The quantitative estimate of drug-likeness (QED) is 0.825. The van der Waals surface area contributed by atoms with Crippen molar-refractivity contribution in [2.24, 2.45) is 5.73 Å². The molecule has 1 aromatic heterocycles. The second-order valence-corrected chi connectivity index (χ2v) is 4.66. The first-order chi connectivity index (χ1) is 9.31. The SMILES string of the molecule is CCCCc1ccc(OCc2cc(CN)co2)cc1. The van der Waals surface area contributed by atoms with E-state index in [1.807, 2.05) is 18.2 Å². The molecule has 3 nitrogen and oxygen atoms in total. The normalized spacial score (nSPS) is 10.6. The average Bonchev–Trinajstić information content (AvgIpc) is 2.92. The predicted octanol–water partition coefficient (Wildman–Crippen LogP) is 3.66. The Morgan fingerprint density at radius 2 is 1.95 bits per heavy atom. The molecule has 0 atom stereocenters. The van der Waals surface area contributed by atoms with Crippen molar-refractivity contribution in [3.8, 4) is 5.75 Å². The van der Waals surface area contributed by atoms with Gasteiger partial charge in [0.05, 0.1) is 6.26 Å². The van der Waals surface area contributed by atoms with Gasteiger partial charge in [0, 0.05) is 12.1 Å². The fraction of sp³-hybridized carbons (Fsp3) is 0.375. The van der Waals surface area contributed by atoms with Gasteiger partial charge < -0.3 is 14.9 Å². The van der Waals surface area contributed by atoms with E-state index in [-0.39, 0.29) is 0 Å². The molecule has 0 fully saturated rings. The third-order valence-electron chi connectivity index (χ3n) is 3.07. The Balaban J connectivity index is 1.85. The molecule has 0 saturated heterocycles. The zero-order chi connectivity index (χ0) is 13.5. The third-order valence-corrected chi connectivity index (χ3v) is 3.07. The molecule has 0 aliphatic rings. The van der Waals surface area contributed by atoms with Gasteiger partial charge in [0.2, 0.25) is 0 Å². The van der Waals surface area contributed by atoms with Gasteiger partial charge in [-0.1, -0.05) is 25.5 Å². The summed E-state index contributed by atoms with van der Waals surface area (Å²) < 4.78 is 11.0. The van der Waals surface area contributed by atoms with Gasteiger partial charge in [-0.3, -0.25) is 0 Å². The monoisotopic (exact) mass is 259 g/mol. The van der Waals surface area contributed by atoms with Crippen LogP contribution in [0.2, 0.25) is 0 Å². The molecule has 1 heterocycles. The summed E-state index contributed by atoms with van der Waals surface area (Å²) in [6.07, 6.45) is 5.26. The second-order valence-electron chi connectivity index (χ2n) is 4.66. The van der Waals surface area contributed by atoms with E-state index in [2.05, 4.69) is 19.1 Å². The van der Waals surface area contributed by atoms with Crippen LogP contribution >= 0.6 is 0 Å². The zero-order valence-corrected chi connectivity index (χ0v) is 11.4. The van der Waals surface area contributed by atoms with Gasteiger partial charge in [-0.15, -0.1) is 0 Å². The maximum atomic E-state index is 5.67. The highest BCUT2D eigenvalue weighted by Crippen LogP contribution is 2.16. The van der Waals surface area contributed by atoms with Gasteiger partial charge in [-0.05, 0) is 36.6 Å². The van der Waals surface area contributed by atoms with Gasteiger partial charge >= 0.3 is 0 Å². The van der Waals surface area contributed by atoms with Crippen LogP contribution in [-0.2, 0) is 19.6 Å². The summed E-state index contributed by atoms with van der Waals surface area (Å²) in [5.41, 5.74) is 7.88. The van der Waals surface area contributed by atoms with Crippen molar-refractivity contribution in [2.75, 3.05) is 0 Å². The van der Waals surface area contributed by atoms with E-state index >= 15 is 0 Å². The molecule has 102 valence electrons. The number of rotatable bonds is 7. The lowest BCUT2D eigenvalue weighted by molar-refractivity contribution is 0.270. The van der Waals surface area contributed by atoms with Crippen LogP contribution in [0.5, 0.6) is 5.75 Å². The van der Waals surface area contributed by atoms with Crippen molar-refractivity contribution in [3.05, 3.63) is 53.5 Å². The first kappa shape index (κ1) is 13.7. The molecule has 19 heavy (non-hydrogen) atoms. The maximum absolute atomic E-state index is 5.67. The van der Waals surface area contributed by atoms with Crippen LogP contribution in [0.1, 0.15) is 36.7 Å². The molecule has 1 aromatic carbocycles. The minimum absolute atomic E-state index is 0.439. The minimum atomic E-state index is 0.439. The highest BCUT2D eigenvalue weighted by atomic mass is 16.5. The van der Waals surface area contributed by atoms with Gasteiger partial charge in [0.15, 0.2) is 0 Å². The number of furan rings is 1. The molecular formula is C16H21NO2. The number of ether oxygens (including phenoxy) is 1. The van der Waals surface area contributed by atoms with Crippen LogP contribution in [0, 0.1) is 0 Å². The Morgan fingerprint density at radius 1 is 1.16 bits per heavy atom. The van der Waals surface area contributed by atoms with Crippen molar-refractivity contribution in [3.63, 3.8) is 0 Å². The molecule has 0 spiro atoms. The smallest absolute Gasteiger partial charge is 0.146 e. The minimum Gasteiger partial charge on any atom is -0.486 e. The summed E-state index contributed by atoms with van der Waals surface area (Å²) >= 11 is 0. The molecule has 3 heteroatoms. The van der Waals surface area contributed by atoms with Crippen LogP contribution in [0.15, 0.2) is 41.0 Å². The number of aryl methyl sites for hydroxylation is 1. The number of hydrogen-bond donors (Lipinski definition) is 1. The Morgan fingerprint density at radius 3 is 2.58 bits per heavy atom. The van der Waals surface area contributed by atoms with Crippen molar-refractivity contribution >= 4 is 0 Å².